The summed E-state index contributed by atoms with van der Waals surface area (Å²) in [5.41, 5.74) is 5.97. The van der Waals surface area contributed by atoms with Crippen LogP contribution in [0.15, 0.2) is 0 Å². The molecule has 1 unspecified atom stereocenters. The summed E-state index contributed by atoms with van der Waals surface area (Å²) in [4.78, 5) is 0. The molecule has 2 aliphatic rings. The van der Waals surface area contributed by atoms with Crippen LogP contribution in [0, 0.1) is 5.92 Å². The number of nitrogens with one attached hydrogen (secondary N) is 1. The molecule has 0 radical (unpaired) electrons. The molecule has 0 saturated heterocycles. The summed E-state index contributed by atoms with van der Waals surface area (Å²) >= 11 is 0. The molecule has 0 bridgehead atoms. The van der Waals surface area contributed by atoms with E-state index in [2.05, 4.69) is 5.32 Å². The Balaban J connectivity index is 1.81. The topological polar surface area (TPSA) is 38.0 Å². The van der Waals surface area contributed by atoms with Gasteiger partial charge in [0.2, 0.25) is 0 Å². The van der Waals surface area contributed by atoms with Crippen molar-refractivity contribution in [3.63, 3.8) is 0 Å². The SMILES string of the molecule is NCC(NC1CCCC1)C1CCCCCC1. The van der Waals surface area contributed by atoms with Gasteiger partial charge in [-0.3, -0.25) is 0 Å². The van der Waals surface area contributed by atoms with Crippen LogP contribution in [0.4, 0.5) is 0 Å². The van der Waals surface area contributed by atoms with Crippen molar-refractivity contribution in [2.75, 3.05) is 6.54 Å². The molecular weight excluding hydrogens is 196 g/mol. The minimum atomic E-state index is 0.598. The standard InChI is InChI=1S/C14H28N2/c15-11-14(16-13-9-5-6-10-13)12-7-3-1-2-4-8-12/h12-14,16H,1-11,15H2. The monoisotopic (exact) mass is 224 g/mol. The van der Waals surface area contributed by atoms with Gasteiger partial charge >= 0.3 is 0 Å². The molecule has 0 aromatic heterocycles. The molecule has 1 atom stereocenters. The van der Waals surface area contributed by atoms with E-state index in [0.717, 1.165) is 18.5 Å². The van der Waals surface area contributed by atoms with E-state index in [1.807, 2.05) is 0 Å². The molecule has 0 heterocycles. The lowest BCUT2D eigenvalue weighted by atomic mass is 9.91. The van der Waals surface area contributed by atoms with Gasteiger partial charge in [-0.25, -0.2) is 0 Å². The highest BCUT2D eigenvalue weighted by molar-refractivity contribution is 4.84. The van der Waals surface area contributed by atoms with E-state index < -0.39 is 0 Å². The van der Waals surface area contributed by atoms with Crippen molar-refractivity contribution in [1.29, 1.82) is 0 Å². The van der Waals surface area contributed by atoms with E-state index in [1.165, 1.54) is 64.2 Å². The minimum absolute atomic E-state index is 0.598. The van der Waals surface area contributed by atoms with Crippen LogP contribution in [0.2, 0.25) is 0 Å². The third-order valence-corrected chi connectivity index (χ3v) is 4.53. The van der Waals surface area contributed by atoms with Crippen LogP contribution in [0.5, 0.6) is 0 Å². The largest absolute Gasteiger partial charge is 0.329 e. The Morgan fingerprint density at radius 2 is 1.44 bits per heavy atom. The van der Waals surface area contributed by atoms with Crippen LogP contribution in [0.3, 0.4) is 0 Å². The summed E-state index contributed by atoms with van der Waals surface area (Å²) in [5, 5.41) is 3.84. The molecule has 0 aromatic rings. The summed E-state index contributed by atoms with van der Waals surface area (Å²) < 4.78 is 0. The predicted octanol–water partition coefficient (Wildman–Crippen LogP) is 2.82. The fourth-order valence-electron chi connectivity index (χ4n) is 3.51. The quantitative estimate of drug-likeness (QED) is 0.721. The molecule has 2 rings (SSSR count). The number of nitrogens with two attached hydrogens (primary N) is 1. The third-order valence-electron chi connectivity index (χ3n) is 4.53. The zero-order chi connectivity index (χ0) is 11.2. The van der Waals surface area contributed by atoms with E-state index >= 15 is 0 Å². The maximum atomic E-state index is 5.97. The fraction of sp³-hybridized carbons (Fsp3) is 1.00. The van der Waals surface area contributed by atoms with Gasteiger partial charge in [0.15, 0.2) is 0 Å². The maximum absolute atomic E-state index is 5.97. The Hall–Kier alpha value is -0.0800. The van der Waals surface area contributed by atoms with Crippen molar-refractivity contribution in [2.24, 2.45) is 11.7 Å². The van der Waals surface area contributed by atoms with E-state index in [4.69, 9.17) is 5.73 Å². The van der Waals surface area contributed by atoms with Crippen molar-refractivity contribution >= 4 is 0 Å². The first kappa shape index (κ1) is 12.4. The van der Waals surface area contributed by atoms with Crippen molar-refractivity contribution in [2.45, 2.75) is 76.3 Å². The first-order valence-corrected chi connectivity index (χ1v) is 7.36. The first-order chi connectivity index (χ1) is 7.90. The molecular formula is C14H28N2. The number of hydrogen-bond acceptors (Lipinski definition) is 2. The average Bonchev–Trinajstić information content (AvgIpc) is 2.67. The molecule has 2 saturated carbocycles. The summed E-state index contributed by atoms with van der Waals surface area (Å²) in [6.07, 6.45) is 14.1. The van der Waals surface area contributed by atoms with Gasteiger partial charge in [0, 0.05) is 18.6 Å². The zero-order valence-corrected chi connectivity index (χ0v) is 10.6. The highest BCUT2D eigenvalue weighted by Gasteiger charge is 2.25. The van der Waals surface area contributed by atoms with Crippen LogP contribution in [0.25, 0.3) is 0 Å². The lowest BCUT2D eigenvalue weighted by Crippen LogP contribution is -2.46. The first-order valence-electron chi connectivity index (χ1n) is 7.36. The molecule has 0 aliphatic heterocycles. The van der Waals surface area contributed by atoms with Crippen LogP contribution in [0.1, 0.15) is 64.2 Å². The zero-order valence-electron chi connectivity index (χ0n) is 10.6. The molecule has 2 nitrogen and oxygen atoms in total. The Kier molecular flexibility index (Phi) is 5.11. The van der Waals surface area contributed by atoms with Crippen molar-refractivity contribution < 1.29 is 0 Å². The number of rotatable bonds is 4. The van der Waals surface area contributed by atoms with Crippen LogP contribution in [-0.2, 0) is 0 Å². The van der Waals surface area contributed by atoms with Gasteiger partial charge in [0.05, 0.1) is 0 Å². The van der Waals surface area contributed by atoms with E-state index in [9.17, 15) is 0 Å². The average molecular weight is 224 g/mol. The molecule has 94 valence electrons. The molecule has 3 N–H and O–H groups in total. The number of hydrogen-bond donors (Lipinski definition) is 2. The second-order valence-electron chi connectivity index (χ2n) is 5.74. The smallest absolute Gasteiger partial charge is 0.0221 e. The van der Waals surface area contributed by atoms with Gasteiger partial charge in [-0.15, -0.1) is 0 Å². The Bertz CT molecular complexity index is 179. The second-order valence-corrected chi connectivity index (χ2v) is 5.74. The molecule has 2 fully saturated rings. The van der Waals surface area contributed by atoms with E-state index in [-0.39, 0.29) is 0 Å². The summed E-state index contributed by atoms with van der Waals surface area (Å²) in [6.45, 7) is 0.834. The Morgan fingerprint density at radius 1 is 0.875 bits per heavy atom. The highest BCUT2D eigenvalue weighted by Crippen LogP contribution is 2.27. The van der Waals surface area contributed by atoms with E-state index in [0.29, 0.717) is 6.04 Å². The lowest BCUT2D eigenvalue weighted by Gasteiger charge is -2.29. The Morgan fingerprint density at radius 3 is 2.00 bits per heavy atom. The minimum Gasteiger partial charge on any atom is -0.329 e. The van der Waals surface area contributed by atoms with Crippen LogP contribution >= 0.6 is 0 Å². The predicted molar refractivity (Wildman–Crippen MR) is 69.4 cm³/mol. The van der Waals surface area contributed by atoms with Gasteiger partial charge in [0.25, 0.3) is 0 Å². The summed E-state index contributed by atoms with van der Waals surface area (Å²) in [6, 6.07) is 1.37. The summed E-state index contributed by atoms with van der Waals surface area (Å²) in [7, 11) is 0. The van der Waals surface area contributed by atoms with Crippen LogP contribution < -0.4 is 11.1 Å². The molecule has 2 aliphatic carbocycles. The van der Waals surface area contributed by atoms with Gasteiger partial charge < -0.3 is 11.1 Å². The summed E-state index contributed by atoms with van der Waals surface area (Å²) in [5.74, 6) is 0.855. The van der Waals surface area contributed by atoms with Gasteiger partial charge in [-0.05, 0) is 31.6 Å². The molecule has 0 aromatic carbocycles. The van der Waals surface area contributed by atoms with Crippen molar-refractivity contribution in [3.05, 3.63) is 0 Å². The van der Waals surface area contributed by atoms with Gasteiger partial charge in [-0.2, -0.15) is 0 Å². The maximum Gasteiger partial charge on any atom is 0.0221 e. The fourth-order valence-corrected chi connectivity index (χ4v) is 3.51. The molecule has 2 heteroatoms. The van der Waals surface area contributed by atoms with Gasteiger partial charge in [0.1, 0.15) is 0 Å². The second kappa shape index (κ2) is 6.61. The molecule has 16 heavy (non-hydrogen) atoms. The van der Waals surface area contributed by atoms with Gasteiger partial charge in [-0.1, -0.05) is 38.5 Å². The van der Waals surface area contributed by atoms with Crippen molar-refractivity contribution in [3.8, 4) is 0 Å². The molecule has 0 amide bonds. The van der Waals surface area contributed by atoms with Crippen LogP contribution in [-0.4, -0.2) is 18.6 Å². The highest BCUT2D eigenvalue weighted by atomic mass is 15.0. The normalized spacial score (nSPS) is 26.8. The molecule has 0 spiro atoms. The Labute approximate surface area is 100 Å². The third kappa shape index (κ3) is 3.46. The van der Waals surface area contributed by atoms with Crippen molar-refractivity contribution in [1.82, 2.24) is 5.32 Å². The lowest BCUT2D eigenvalue weighted by molar-refractivity contribution is 0.297. The van der Waals surface area contributed by atoms with E-state index in [1.54, 1.807) is 0 Å².